The fourth-order valence-corrected chi connectivity index (χ4v) is 6.24. The van der Waals surface area contributed by atoms with Crippen LogP contribution >= 0.6 is 0 Å². The minimum atomic E-state index is 0.397. The van der Waals surface area contributed by atoms with Crippen LogP contribution in [0.1, 0.15) is 71.6 Å². The summed E-state index contributed by atoms with van der Waals surface area (Å²) in [5, 5.41) is 0. The third kappa shape index (κ3) is 5.21. The van der Waals surface area contributed by atoms with Gasteiger partial charge in [0, 0.05) is 5.92 Å². The van der Waals surface area contributed by atoms with Gasteiger partial charge in [0.15, 0.2) is 0 Å². The Hall–Kier alpha value is -3.38. The number of aryl methyl sites for hydroxylation is 4. The number of fused-ring (bicyclic) bond motifs is 2. The van der Waals surface area contributed by atoms with Gasteiger partial charge in [-0.05, 0) is 107 Å². The summed E-state index contributed by atoms with van der Waals surface area (Å²) >= 11 is 0. The molecule has 3 aliphatic rings. The molecule has 37 heavy (non-hydrogen) atoms. The van der Waals surface area contributed by atoms with Gasteiger partial charge in [0.2, 0.25) is 0 Å². The van der Waals surface area contributed by atoms with E-state index in [9.17, 15) is 0 Å². The van der Waals surface area contributed by atoms with Crippen LogP contribution in [0.3, 0.4) is 0 Å². The van der Waals surface area contributed by atoms with E-state index < -0.39 is 0 Å². The molecule has 3 aliphatic carbocycles. The van der Waals surface area contributed by atoms with Crippen LogP contribution in [0.5, 0.6) is 0 Å². The second-order valence-electron chi connectivity index (χ2n) is 11.4. The first-order valence-corrected chi connectivity index (χ1v) is 14.2. The monoisotopic (exact) mass is 482 g/mol. The highest BCUT2D eigenvalue weighted by molar-refractivity contribution is 5.79. The van der Waals surface area contributed by atoms with Crippen molar-refractivity contribution in [3.63, 3.8) is 0 Å². The Labute approximate surface area is 223 Å². The van der Waals surface area contributed by atoms with Gasteiger partial charge in [-0.1, -0.05) is 111 Å². The lowest BCUT2D eigenvalue weighted by atomic mass is 9.79. The van der Waals surface area contributed by atoms with Crippen molar-refractivity contribution in [3.8, 4) is 0 Å². The van der Waals surface area contributed by atoms with Gasteiger partial charge in [-0.3, -0.25) is 0 Å². The van der Waals surface area contributed by atoms with Gasteiger partial charge in [-0.2, -0.15) is 0 Å². The van der Waals surface area contributed by atoms with Crippen molar-refractivity contribution >= 4 is 5.57 Å². The summed E-state index contributed by atoms with van der Waals surface area (Å²) < 4.78 is 0. The highest BCUT2D eigenvalue weighted by atomic mass is 14.3. The Morgan fingerprint density at radius 2 is 1.41 bits per heavy atom. The largest absolute Gasteiger partial charge is 0.0726 e. The highest BCUT2D eigenvalue weighted by Gasteiger charge is 2.26. The number of allylic oxidation sites excluding steroid dienone is 8. The van der Waals surface area contributed by atoms with Crippen molar-refractivity contribution in [3.05, 3.63) is 147 Å². The molecule has 186 valence electrons. The molecule has 0 radical (unpaired) electrons. The van der Waals surface area contributed by atoms with E-state index in [2.05, 4.69) is 111 Å². The lowest BCUT2D eigenvalue weighted by Crippen LogP contribution is -2.10. The topological polar surface area (TPSA) is 0 Å². The molecule has 0 amide bonds. The van der Waals surface area contributed by atoms with Crippen molar-refractivity contribution < 1.29 is 0 Å². The fourth-order valence-electron chi connectivity index (χ4n) is 6.24. The molecular weight excluding hydrogens is 444 g/mol. The molecule has 0 nitrogen and oxygen atoms in total. The minimum Gasteiger partial charge on any atom is -0.0726 e. The van der Waals surface area contributed by atoms with Crippen molar-refractivity contribution in [2.75, 3.05) is 0 Å². The van der Waals surface area contributed by atoms with Crippen molar-refractivity contribution in [2.24, 2.45) is 5.92 Å². The van der Waals surface area contributed by atoms with Crippen LogP contribution in [0.4, 0.5) is 0 Å². The molecular formula is C37H38. The standard InChI is InChI=1S/C37H38/c1-26(2)30-18-16-28(17-19-30)7-3-6-27-12-14-29(15-13-27)24-33-22-23-36(37-11-5-10-35(33)37)34-21-20-31-8-4-9-32(31)25-34/h5,10-23,25-26,37H,3-4,6-9,24H2,1-2H3. The maximum atomic E-state index is 2.45. The SMILES string of the molecule is CC(C)c1ccc(CCCc2ccc(CC3=CC=C(c4ccc5c(c4)CCC5)C4C=CC=C34)cc2)cc1. The van der Waals surface area contributed by atoms with Gasteiger partial charge >= 0.3 is 0 Å². The summed E-state index contributed by atoms with van der Waals surface area (Å²) in [6.45, 7) is 4.51. The highest BCUT2D eigenvalue weighted by Crippen LogP contribution is 2.42. The van der Waals surface area contributed by atoms with E-state index in [-0.39, 0.29) is 0 Å². The molecule has 0 fully saturated rings. The molecule has 6 rings (SSSR count). The predicted octanol–water partition coefficient (Wildman–Crippen LogP) is 9.15. The smallest absolute Gasteiger partial charge is 0.0281 e. The zero-order chi connectivity index (χ0) is 25.2. The molecule has 0 heteroatoms. The molecule has 0 spiro atoms. The predicted molar refractivity (Wildman–Crippen MR) is 158 cm³/mol. The van der Waals surface area contributed by atoms with E-state index in [0.29, 0.717) is 11.8 Å². The van der Waals surface area contributed by atoms with E-state index in [1.807, 2.05) is 0 Å². The van der Waals surface area contributed by atoms with Crippen LogP contribution in [-0.2, 0) is 32.1 Å². The maximum absolute atomic E-state index is 2.45. The van der Waals surface area contributed by atoms with Gasteiger partial charge < -0.3 is 0 Å². The summed E-state index contributed by atoms with van der Waals surface area (Å²) in [5.74, 6) is 1.000. The van der Waals surface area contributed by atoms with Gasteiger partial charge in [0.25, 0.3) is 0 Å². The van der Waals surface area contributed by atoms with Crippen LogP contribution in [0.2, 0.25) is 0 Å². The molecule has 0 N–H and O–H groups in total. The van der Waals surface area contributed by atoms with Crippen molar-refractivity contribution in [2.45, 2.75) is 64.7 Å². The lowest BCUT2D eigenvalue weighted by molar-refractivity contribution is 0.816. The van der Waals surface area contributed by atoms with E-state index >= 15 is 0 Å². The molecule has 3 aromatic carbocycles. The Balaban J connectivity index is 1.09. The molecule has 1 atom stereocenters. The van der Waals surface area contributed by atoms with E-state index in [1.165, 1.54) is 70.2 Å². The Bertz CT molecular complexity index is 1390. The van der Waals surface area contributed by atoms with Crippen LogP contribution in [0.25, 0.3) is 5.57 Å². The second kappa shape index (κ2) is 10.5. The molecule has 1 unspecified atom stereocenters. The summed E-state index contributed by atoms with van der Waals surface area (Å²) in [7, 11) is 0. The zero-order valence-corrected chi connectivity index (χ0v) is 22.3. The molecule has 0 aromatic heterocycles. The van der Waals surface area contributed by atoms with E-state index in [0.717, 1.165) is 19.3 Å². The second-order valence-corrected chi connectivity index (χ2v) is 11.4. The maximum Gasteiger partial charge on any atom is 0.0281 e. The number of rotatable bonds is 8. The van der Waals surface area contributed by atoms with E-state index in [4.69, 9.17) is 0 Å². The van der Waals surface area contributed by atoms with Gasteiger partial charge in [0.1, 0.15) is 0 Å². The lowest BCUT2D eigenvalue weighted by Gasteiger charge is -2.25. The average molecular weight is 483 g/mol. The Kier molecular flexibility index (Phi) is 6.83. The first-order chi connectivity index (χ1) is 18.1. The van der Waals surface area contributed by atoms with Gasteiger partial charge in [0.05, 0.1) is 0 Å². The minimum absolute atomic E-state index is 0.397. The Morgan fingerprint density at radius 3 is 2.16 bits per heavy atom. The van der Waals surface area contributed by atoms with Gasteiger partial charge in [-0.15, -0.1) is 0 Å². The van der Waals surface area contributed by atoms with Gasteiger partial charge in [-0.25, -0.2) is 0 Å². The Morgan fingerprint density at radius 1 is 0.703 bits per heavy atom. The molecule has 3 aromatic rings. The number of hydrogen-bond donors (Lipinski definition) is 0. The van der Waals surface area contributed by atoms with Crippen molar-refractivity contribution in [1.29, 1.82) is 0 Å². The summed E-state index contributed by atoms with van der Waals surface area (Å²) in [5.41, 5.74) is 14.6. The molecule has 0 aliphatic heterocycles. The molecule has 0 bridgehead atoms. The summed E-state index contributed by atoms with van der Waals surface area (Å²) in [4.78, 5) is 0. The summed E-state index contributed by atoms with van der Waals surface area (Å²) in [6.07, 6.45) is 20.0. The third-order valence-corrected chi connectivity index (χ3v) is 8.51. The fraction of sp³-hybridized carbons (Fsp3) is 0.297. The average Bonchev–Trinajstić information content (AvgIpc) is 3.60. The van der Waals surface area contributed by atoms with Crippen LogP contribution in [0.15, 0.2) is 108 Å². The first-order valence-electron chi connectivity index (χ1n) is 14.2. The van der Waals surface area contributed by atoms with Crippen LogP contribution in [-0.4, -0.2) is 0 Å². The van der Waals surface area contributed by atoms with E-state index in [1.54, 1.807) is 11.1 Å². The third-order valence-electron chi connectivity index (χ3n) is 8.51. The van der Waals surface area contributed by atoms with Crippen molar-refractivity contribution in [1.82, 2.24) is 0 Å². The summed E-state index contributed by atoms with van der Waals surface area (Å²) in [6, 6.07) is 25.7. The number of hydrogen-bond acceptors (Lipinski definition) is 0. The van der Waals surface area contributed by atoms with Crippen LogP contribution < -0.4 is 0 Å². The zero-order valence-electron chi connectivity index (χ0n) is 22.3. The number of benzene rings is 3. The first kappa shape index (κ1) is 24.0. The molecule has 0 saturated carbocycles. The molecule has 0 saturated heterocycles. The van der Waals surface area contributed by atoms with Crippen LogP contribution in [0, 0.1) is 5.92 Å². The quantitative estimate of drug-likeness (QED) is 0.300. The molecule has 0 heterocycles. The normalized spacial score (nSPS) is 17.9.